The topological polar surface area (TPSA) is 109 Å². The quantitative estimate of drug-likeness (QED) is 0.613. The number of hydrazone groups is 1. The molecule has 0 aliphatic carbocycles. The summed E-state index contributed by atoms with van der Waals surface area (Å²) in [4.78, 5) is 52.9. The number of imide groups is 1. The second-order valence-corrected chi connectivity index (χ2v) is 7.98. The number of cyclic esters (lactones) is 1. The normalized spacial score (nSPS) is 27.4. The van der Waals surface area contributed by atoms with E-state index in [0.29, 0.717) is 6.42 Å². The zero-order valence-corrected chi connectivity index (χ0v) is 17.1. The van der Waals surface area contributed by atoms with Crippen LogP contribution in [-0.4, -0.2) is 89.3 Å². The van der Waals surface area contributed by atoms with Crippen molar-refractivity contribution in [1.29, 1.82) is 0 Å². The van der Waals surface area contributed by atoms with Gasteiger partial charge in [0.25, 0.3) is 5.91 Å². The first-order chi connectivity index (χ1) is 13.8. The van der Waals surface area contributed by atoms with Gasteiger partial charge in [0.2, 0.25) is 5.91 Å². The van der Waals surface area contributed by atoms with Crippen LogP contribution in [0.15, 0.2) is 5.10 Å². The Labute approximate surface area is 169 Å². The van der Waals surface area contributed by atoms with E-state index in [4.69, 9.17) is 9.47 Å². The fourth-order valence-electron chi connectivity index (χ4n) is 3.92. The number of hydrogen-bond donors (Lipinski definition) is 0. The first-order valence-electron chi connectivity index (χ1n) is 10.0. The Hall–Kier alpha value is -2.49. The van der Waals surface area contributed by atoms with Crippen molar-refractivity contribution in [2.45, 2.75) is 58.2 Å². The number of likely N-dealkylation sites (tertiary alicyclic amines) is 1. The summed E-state index contributed by atoms with van der Waals surface area (Å²) in [7, 11) is 0. The minimum absolute atomic E-state index is 0.148. The molecule has 0 N–H and O–H groups in total. The summed E-state index contributed by atoms with van der Waals surface area (Å²) in [6.45, 7) is 6.69. The van der Waals surface area contributed by atoms with Crippen LogP contribution < -0.4 is 0 Å². The zero-order valence-electron chi connectivity index (χ0n) is 17.1. The average Bonchev–Trinajstić information content (AvgIpc) is 3.34. The van der Waals surface area contributed by atoms with Crippen LogP contribution in [0.5, 0.6) is 0 Å². The number of amides is 3. The van der Waals surface area contributed by atoms with Crippen LogP contribution in [0, 0.1) is 5.92 Å². The molecule has 2 unspecified atom stereocenters. The van der Waals surface area contributed by atoms with Gasteiger partial charge in [-0.05, 0) is 31.8 Å². The molecule has 0 aromatic carbocycles. The van der Waals surface area contributed by atoms with Crippen LogP contribution in [0.2, 0.25) is 0 Å². The SMILES string of the molecule is CC(=O)N1C(=O)OC[C@@H]1C(=O)N1N=CCC(N2CCCC2)C1C(=O)OCC(C)C. The molecule has 3 aliphatic heterocycles. The first kappa shape index (κ1) is 21.2. The Morgan fingerprint density at radius 2 is 1.97 bits per heavy atom. The van der Waals surface area contributed by atoms with Crippen molar-refractivity contribution in [2.75, 3.05) is 26.3 Å². The molecule has 0 aromatic rings. The van der Waals surface area contributed by atoms with E-state index >= 15 is 0 Å². The van der Waals surface area contributed by atoms with Gasteiger partial charge in [0.1, 0.15) is 6.61 Å². The van der Waals surface area contributed by atoms with Crippen LogP contribution in [0.4, 0.5) is 4.79 Å². The van der Waals surface area contributed by atoms with Crippen molar-refractivity contribution >= 4 is 30.1 Å². The van der Waals surface area contributed by atoms with E-state index in [9.17, 15) is 19.2 Å². The Kier molecular flexibility index (Phi) is 6.51. The lowest BCUT2D eigenvalue weighted by Crippen LogP contribution is -2.61. The van der Waals surface area contributed by atoms with Crippen molar-refractivity contribution in [2.24, 2.45) is 11.0 Å². The molecule has 2 fully saturated rings. The van der Waals surface area contributed by atoms with Crippen molar-refractivity contribution < 1.29 is 28.7 Å². The molecule has 160 valence electrons. The maximum Gasteiger partial charge on any atom is 0.417 e. The third-order valence-corrected chi connectivity index (χ3v) is 5.31. The van der Waals surface area contributed by atoms with E-state index in [1.54, 1.807) is 6.21 Å². The lowest BCUT2D eigenvalue weighted by Gasteiger charge is -2.40. The van der Waals surface area contributed by atoms with Gasteiger partial charge < -0.3 is 9.47 Å². The minimum Gasteiger partial charge on any atom is -0.464 e. The van der Waals surface area contributed by atoms with Gasteiger partial charge in [-0.3, -0.25) is 14.5 Å². The maximum absolute atomic E-state index is 13.2. The number of carbonyl (C=O) groups excluding carboxylic acids is 4. The number of ether oxygens (including phenoxy) is 2. The molecular formula is C19H28N4O6. The van der Waals surface area contributed by atoms with Crippen molar-refractivity contribution in [1.82, 2.24) is 14.8 Å². The zero-order chi connectivity index (χ0) is 21.1. The lowest BCUT2D eigenvalue weighted by molar-refractivity contribution is -0.161. The van der Waals surface area contributed by atoms with Crippen LogP contribution in [-0.2, 0) is 23.9 Å². The first-order valence-corrected chi connectivity index (χ1v) is 10.0. The van der Waals surface area contributed by atoms with E-state index in [2.05, 4.69) is 10.0 Å². The smallest absolute Gasteiger partial charge is 0.417 e. The summed E-state index contributed by atoms with van der Waals surface area (Å²) >= 11 is 0. The van der Waals surface area contributed by atoms with Gasteiger partial charge in [0.05, 0.1) is 6.61 Å². The molecule has 10 heteroatoms. The molecule has 3 heterocycles. The maximum atomic E-state index is 13.2. The number of carbonyl (C=O) groups is 4. The number of esters is 1. The highest BCUT2D eigenvalue weighted by molar-refractivity contribution is 6.00. The van der Waals surface area contributed by atoms with E-state index in [1.165, 1.54) is 6.92 Å². The molecule has 3 rings (SSSR count). The number of rotatable bonds is 5. The van der Waals surface area contributed by atoms with Gasteiger partial charge in [-0.1, -0.05) is 13.8 Å². The summed E-state index contributed by atoms with van der Waals surface area (Å²) in [5, 5.41) is 5.25. The molecule has 29 heavy (non-hydrogen) atoms. The van der Waals surface area contributed by atoms with Gasteiger partial charge >= 0.3 is 12.1 Å². The fourth-order valence-corrected chi connectivity index (χ4v) is 3.92. The second kappa shape index (κ2) is 8.89. The summed E-state index contributed by atoms with van der Waals surface area (Å²) in [5.41, 5.74) is 0. The molecule has 3 aliphatic rings. The molecule has 10 nitrogen and oxygen atoms in total. The standard InChI is InChI=1S/C19H28N4O6/c1-12(2)10-28-18(26)16-14(21-8-4-5-9-21)6-7-20-23(16)17(25)15-11-29-19(27)22(15)13(3)24/h7,12,14-16H,4-6,8-11H2,1-3H3/t14?,15-,16?/m1/s1. The van der Waals surface area contributed by atoms with Crippen LogP contribution in [0.3, 0.4) is 0 Å². The largest absolute Gasteiger partial charge is 0.464 e. The summed E-state index contributed by atoms with van der Waals surface area (Å²) in [6, 6.07) is -2.34. The van der Waals surface area contributed by atoms with Crippen molar-refractivity contribution in [3.05, 3.63) is 0 Å². The van der Waals surface area contributed by atoms with Gasteiger partial charge in [-0.2, -0.15) is 5.10 Å². The van der Waals surface area contributed by atoms with Crippen LogP contribution in [0.1, 0.15) is 40.0 Å². The average molecular weight is 408 g/mol. The Balaban J connectivity index is 1.87. The predicted octanol–water partition coefficient (Wildman–Crippen LogP) is 0.604. The van der Waals surface area contributed by atoms with E-state index in [-0.39, 0.29) is 25.2 Å². The molecule has 0 radical (unpaired) electrons. The van der Waals surface area contributed by atoms with Crippen LogP contribution >= 0.6 is 0 Å². The highest BCUT2D eigenvalue weighted by atomic mass is 16.6. The fraction of sp³-hybridized carbons (Fsp3) is 0.737. The number of hydrogen-bond acceptors (Lipinski definition) is 8. The molecule has 0 saturated carbocycles. The Morgan fingerprint density at radius 1 is 1.28 bits per heavy atom. The Bertz CT molecular complexity index is 703. The number of nitrogens with zero attached hydrogens (tertiary/aromatic N) is 4. The molecule has 3 amide bonds. The van der Waals surface area contributed by atoms with E-state index in [0.717, 1.165) is 35.8 Å². The molecule has 0 aromatic heterocycles. The Morgan fingerprint density at radius 3 is 2.59 bits per heavy atom. The highest BCUT2D eigenvalue weighted by Gasteiger charge is 2.49. The van der Waals surface area contributed by atoms with E-state index in [1.807, 2.05) is 13.8 Å². The summed E-state index contributed by atoms with van der Waals surface area (Å²) < 4.78 is 10.4. The highest BCUT2D eigenvalue weighted by Crippen LogP contribution is 2.26. The predicted molar refractivity (Wildman–Crippen MR) is 102 cm³/mol. The third-order valence-electron chi connectivity index (χ3n) is 5.31. The van der Waals surface area contributed by atoms with Crippen LogP contribution in [0.25, 0.3) is 0 Å². The monoisotopic (exact) mass is 408 g/mol. The molecule has 2 saturated heterocycles. The molecule has 0 bridgehead atoms. The van der Waals surface area contributed by atoms with E-state index < -0.39 is 36.0 Å². The molecule has 3 atom stereocenters. The van der Waals surface area contributed by atoms with Gasteiger partial charge in [0.15, 0.2) is 12.1 Å². The van der Waals surface area contributed by atoms with Gasteiger partial charge in [-0.15, -0.1) is 0 Å². The summed E-state index contributed by atoms with van der Waals surface area (Å²) in [5.74, 6) is -1.60. The third kappa shape index (κ3) is 4.42. The van der Waals surface area contributed by atoms with Gasteiger partial charge in [0, 0.05) is 25.6 Å². The van der Waals surface area contributed by atoms with Crippen molar-refractivity contribution in [3.8, 4) is 0 Å². The second-order valence-electron chi connectivity index (χ2n) is 7.98. The van der Waals surface area contributed by atoms with Crippen molar-refractivity contribution in [3.63, 3.8) is 0 Å². The minimum atomic E-state index is -1.14. The molecular weight excluding hydrogens is 380 g/mol. The van der Waals surface area contributed by atoms with Gasteiger partial charge in [-0.25, -0.2) is 19.5 Å². The molecule has 0 spiro atoms. The summed E-state index contributed by atoms with van der Waals surface area (Å²) in [6.07, 6.45) is 3.30. The lowest BCUT2D eigenvalue weighted by atomic mass is 10.0.